The van der Waals surface area contributed by atoms with Crippen molar-refractivity contribution in [1.82, 2.24) is 9.97 Å². The van der Waals surface area contributed by atoms with Gasteiger partial charge in [-0.2, -0.15) is 13.2 Å². The third-order valence-electron chi connectivity index (χ3n) is 2.91. The summed E-state index contributed by atoms with van der Waals surface area (Å²) < 4.78 is 38.4. The normalized spacial score (nSPS) is 15.9. The minimum absolute atomic E-state index is 0.282. The highest BCUT2D eigenvalue weighted by Crippen LogP contribution is 2.39. The summed E-state index contributed by atoms with van der Waals surface area (Å²) in [5, 5.41) is 0. The molecule has 2 rings (SSSR count). The smallest absolute Gasteiger partial charge is 0.345 e. The van der Waals surface area contributed by atoms with Gasteiger partial charge in [0.1, 0.15) is 22.8 Å². The van der Waals surface area contributed by atoms with Crippen LogP contribution < -0.4 is 4.90 Å². The molecule has 1 aromatic rings. The first kappa shape index (κ1) is 14.6. The first-order chi connectivity index (χ1) is 8.76. The zero-order chi connectivity index (χ0) is 14.2. The summed E-state index contributed by atoms with van der Waals surface area (Å²) in [5.41, 5.74) is 0. The Balaban J connectivity index is 2.30. The van der Waals surface area contributed by atoms with Crippen LogP contribution in [0.25, 0.3) is 0 Å². The number of aromatic nitrogens is 2. The molecule has 1 saturated carbocycles. The quantitative estimate of drug-likeness (QED) is 0.780. The van der Waals surface area contributed by atoms with Crippen LogP contribution in [0.15, 0.2) is 10.7 Å². The van der Waals surface area contributed by atoms with E-state index >= 15 is 0 Å². The van der Waals surface area contributed by atoms with E-state index in [0.717, 1.165) is 12.8 Å². The van der Waals surface area contributed by atoms with Gasteiger partial charge in [-0.25, -0.2) is 9.97 Å². The third kappa shape index (κ3) is 4.06. The van der Waals surface area contributed by atoms with Crippen molar-refractivity contribution in [2.45, 2.75) is 44.8 Å². The lowest BCUT2D eigenvalue weighted by atomic mass is 10.3. The van der Waals surface area contributed by atoms with Crippen molar-refractivity contribution < 1.29 is 13.2 Å². The summed E-state index contributed by atoms with van der Waals surface area (Å²) in [4.78, 5) is 9.77. The monoisotopic (exact) mass is 337 g/mol. The summed E-state index contributed by atoms with van der Waals surface area (Å²) in [6.07, 6.45) is -2.23. The fraction of sp³-hybridized carbons (Fsp3) is 0.667. The highest BCUT2D eigenvalue weighted by atomic mass is 79.9. The van der Waals surface area contributed by atoms with Gasteiger partial charge in [-0.05, 0) is 42.6 Å². The molecule has 1 aliphatic carbocycles. The molecule has 19 heavy (non-hydrogen) atoms. The molecule has 1 aliphatic rings. The minimum atomic E-state index is -4.25. The Kier molecular flexibility index (Phi) is 4.03. The largest absolute Gasteiger partial charge is 0.405 e. The first-order valence-corrected chi connectivity index (χ1v) is 6.93. The van der Waals surface area contributed by atoms with E-state index in [4.69, 9.17) is 0 Å². The van der Waals surface area contributed by atoms with Gasteiger partial charge in [0.15, 0.2) is 0 Å². The molecule has 0 unspecified atom stereocenters. The van der Waals surface area contributed by atoms with Gasteiger partial charge in [0, 0.05) is 18.0 Å². The van der Waals surface area contributed by atoms with Gasteiger partial charge in [0.2, 0.25) is 0 Å². The van der Waals surface area contributed by atoms with Crippen molar-refractivity contribution in [2.24, 2.45) is 0 Å². The average Bonchev–Trinajstić information content (AvgIpc) is 3.07. The van der Waals surface area contributed by atoms with Crippen molar-refractivity contribution >= 4 is 21.7 Å². The van der Waals surface area contributed by atoms with Crippen LogP contribution in [-0.4, -0.2) is 28.7 Å². The molecule has 0 aromatic carbocycles. The van der Waals surface area contributed by atoms with Crippen LogP contribution in [0.2, 0.25) is 0 Å². The maximum absolute atomic E-state index is 12.6. The summed E-state index contributed by atoms with van der Waals surface area (Å²) in [7, 11) is 0. The fourth-order valence-corrected chi connectivity index (χ4v) is 2.20. The predicted molar refractivity (Wildman–Crippen MR) is 70.2 cm³/mol. The van der Waals surface area contributed by atoms with Gasteiger partial charge in [-0.15, -0.1) is 0 Å². The molecule has 7 heteroatoms. The average molecular weight is 338 g/mol. The number of rotatable bonds is 4. The molecule has 0 spiro atoms. The van der Waals surface area contributed by atoms with Crippen LogP contribution in [0.4, 0.5) is 19.0 Å². The topological polar surface area (TPSA) is 29.0 Å². The summed E-state index contributed by atoms with van der Waals surface area (Å²) in [6.45, 7) is 2.44. The SMILES string of the molecule is CC(C)N(CC(F)(F)F)c1cc(Br)nc(C2CC2)n1. The number of hydrogen-bond acceptors (Lipinski definition) is 3. The molecule has 0 amide bonds. The van der Waals surface area contributed by atoms with E-state index in [9.17, 15) is 13.2 Å². The molecule has 0 radical (unpaired) electrons. The Bertz CT molecular complexity index is 458. The third-order valence-corrected chi connectivity index (χ3v) is 3.31. The predicted octanol–water partition coefficient (Wildman–Crippen LogP) is 3.89. The number of alkyl halides is 3. The second-order valence-electron chi connectivity index (χ2n) is 5.02. The maximum atomic E-state index is 12.6. The van der Waals surface area contributed by atoms with Gasteiger partial charge < -0.3 is 4.90 Å². The zero-order valence-electron chi connectivity index (χ0n) is 10.7. The van der Waals surface area contributed by atoms with E-state index < -0.39 is 12.7 Å². The minimum Gasteiger partial charge on any atom is -0.345 e. The molecule has 1 heterocycles. The lowest BCUT2D eigenvalue weighted by molar-refractivity contribution is -0.120. The van der Waals surface area contributed by atoms with Crippen molar-refractivity contribution in [3.05, 3.63) is 16.5 Å². The highest BCUT2D eigenvalue weighted by molar-refractivity contribution is 9.10. The molecule has 1 aromatic heterocycles. The standard InChI is InChI=1S/C12H15BrF3N3/c1-7(2)19(6-12(14,15)16)10-5-9(13)17-11(18-10)8-3-4-8/h5,7-8H,3-4,6H2,1-2H3. The van der Waals surface area contributed by atoms with Gasteiger partial charge >= 0.3 is 6.18 Å². The van der Waals surface area contributed by atoms with Gasteiger partial charge in [-0.1, -0.05) is 0 Å². The van der Waals surface area contributed by atoms with Crippen molar-refractivity contribution in [3.8, 4) is 0 Å². The molecule has 0 atom stereocenters. The van der Waals surface area contributed by atoms with Gasteiger partial charge in [-0.3, -0.25) is 0 Å². The number of halogens is 4. The molecule has 106 valence electrons. The van der Waals surface area contributed by atoms with Crippen molar-refractivity contribution in [3.63, 3.8) is 0 Å². The van der Waals surface area contributed by atoms with E-state index in [1.54, 1.807) is 13.8 Å². The number of anilines is 1. The van der Waals surface area contributed by atoms with Crippen molar-refractivity contribution in [1.29, 1.82) is 0 Å². The van der Waals surface area contributed by atoms with E-state index in [1.165, 1.54) is 11.0 Å². The maximum Gasteiger partial charge on any atom is 0.405 e. The van der Waals surface area contributed by atoms with Crippen LogP contribution in [-0.2, 0) is 0 Å². The van der Waals surface area contributed by atoms with Crippen LogP contribution >= 0.6 is 15.9 Å². The Morgan fingerprint density at radius 3 is 2.47 bits per heavy atom. The van der Waals surface area contributed by atoms with E-state index in [1.807, 2.05) is 0 Å². The van der Waals surface area contributed by atoms with E-state index in [-0.39, 0.29) is 6.04 Å². The summed E-state index contributed by atoms with van der Waals surface area (Å²) in [6, 6.07) is 1.26. The molecule has 1 fully saturated rings. The zero-order valence-corrected chi connectivity index (χ0v) is 12.3. The number of hydrogen-bond donors (Lipinski definition) is 0. The fourth-order valence-electron chi connectivity index (χ4n) is 1.82. The molecule has 0 saturated heterocycles. The Morgan fingerprint density at radius 1 is 1.37 bits per heavy atom. The molecular formula is C12H15BrF3N3. The van der Waals surface area contributed by atoms with Crippen LogP contribution in [0.1, 0.15) is 38.4 Å². The van der Waals surface area contributed by atoms with E-state index in [0.29, 0.717) is 22.2 Å². The summed E-state index contributed by atoms with van der Waals surface area (Å²) >= 11 is 3.25. The molecule has 0 N–H and O–H groups in total. The Hall–Kier alpha value is -0.850. The lowest BCUT2D eigenvalue weighted by Gasteiger charge is -2.29. The summed E-state index contributed by atoms with van der Waals surface area (Å²) in [5.74, 6) is 1.27. The van der Waals surface area contributed by atoms with Crippen LogP contribution in [0, 0.1) is 0 Å². The van der Waals surface area contributed by atoms with Gasteiger partial charge in [0.05, 0.1) is 0 Å². The molecule has 0 bridgehead atoms. The van der Waals surface area contributed by atoms with Crippen LogP contribution in [0.3, 0.4) is 0 Å². The lowest BCUT2D eigenvalue weighted by Crippen LogP contribution is -2.39. The molecule has 0 aliphatic heterocycles. The second kappa shape index (κ2) is 5.26. The second-order valence-corrected chi connectivity index (χ2v) is 5.83. The Labute approximate surface area is 118 Å². The van der Waals surface area contributed by atoms with E-state index in [2.05, 4.69) is 25.9 Å². The Morgan fingerprint density at radius 2 is 2.00 bits per heavy atom. The highest BCUT2D eigenvalue weighted by Gasteiger charge is 2.34. The number of nitrogens with zero attached hydrogens (tertiary/aromatic N) is 3. The van der Waals surface area contributed by atoms with Crippen LogP contribution in [0.5, 0.6) is 0 Å². The van der Waals surface area contributed by atoms with Gasteiger partial charge in [0.25, 0.3) is 0 Å². The molecular weight excluding hydrogens is 323 g/mol. The first-order valence-electron chi connectivity index (χ1n) is 6.14. The van der Waals surface area contributed by atoms with Crippen molar-refractivity contribution in [2.75, 3.05) is 11.4 Å². The molecule has 3 nitrogen and oxygen atoms in total.